The lowest BCUT2D eigenvalue weighted by Gasteiger charge is -2.46. The van der Waals surface area contributed by atoms with Gasteiger partial charge in [0.2, 0.25) is 5.60 Å². The Morgan fingerprint density at radius 3 is 2.88 bits per heavy atom. The number of fused-ring (bicyclic) bond motifs is 1. The summed E-state index contributed by atoms with van der Waals surface area (Å²) < 4.78 is 5.34. The van der Waals surface area contributed by atoms with Gasteiger partial charge in [0.05, 0.1) is 13.2 Å². The van der Waals surface area contributed by atoms with E-state index in [2.05, 4.69) is 0 Å². The van der Waals surface area contributed by atoms with Crippen LogP contribution < -0.4 is 0 Å². The molecule has 1 aromatic carbocycles. The van der Waals surface area contributed by atoms with Crippen LogP contribution in [-0.4, -0.2) is 18.3 Å². The van der Waals surface area contributed by atoms with Crippen molar-refractivity contribution in [3.8, 4) is 0 Å². The molecule has 3 atom stereocenters. The number of rotatable bonds is 2. The number of aliphatic hydroxyl groups is 1. The van der Waals surface area contributed by atoms with Crippen LogP contribution in [-0.2, 0) is 20.1 Å². The smallest absolute Gasteiger partial charge is 0.210 e. The van der Waals surface area contributed by atoms with Crippen molar-refractivity contribution in [3.63, 3.8) is 0 Å². The molecule has 0 spiro atoms. The standard InChI is InChI=1S/C13H14O4/c1-8(14)13-10-6-4-3-5-9(10)11(16-17-13)7-12(13)15-2/h3-8,11,14H,1-2H3/t8-,11+,13+/m0/s1. The lowest BCUT2D eigenvalue weighted by atomic mass is 9.77. The third-order valence-corrected chi connectivity index (χ3v) is 3.43. The molecule has 0 amide bonds. The van der Waals surface area contributed by atoms with Gasteiger partial charge >= 0.3 is 0 Å². The summed E-state index contributed by atoms with van der Waals surface area (Å²) in [7, 11) is 1.57. The van der Waals surface area contributed by atoms with Gasteiger partial charge < -0.3 is 9.84 Å². The molecule has 1 aromatic rings. The Morgan fingerprint density at radius 2 is 2.18 bits per heavy atom. The quantitative estimate of drug-likeness (QED) is 0.793. The van der Waals surface area contributed by atoms with Crippen molar-refractivity contribution >= 4 is 0 Å². The van der Waals surface area contributed by atoms with E-state index in [-0.39, 0.29) is 6.10 Å². The first-order chi connectivity index (χ1) is 8.20. The van der Waals surface area contributed by atoms with Crippen LogP contribution in [0, 0.1) is 0 Å². The zero-order valence-corrected chi connectivity index (χ0v) is 9.71. The van der Waals surface area contributed by atoms with Crippen molar-refractivity contribution in [1.82, 2.24) is 0 Å². The molecule has 90 valence electrons. The average Bonchev–Trinajstić information content (AvgIpc) is 2.39. The molecule has 2 bridgehead atoms. The number of hydrogen-bond acceptors (Lipinski definition) is 4. The van der Waals surface area contributed by atoms with E-state index in [1.807, 2.05) is 30.3 Å². The Labute approximate surface area is 99.3 Å². The molecule has 17 heavy (non-hydrogen) atoms. The van der Waals surface area contributed by atoms with E-state index >= 15 is 0 Å². The molecule has 0 fully saturated rings. The van der Waals surface area contributed by atoms with Crippen LogP contribution in [0.1, 0.15) is 24.2 Å². The first-order valence-electron chi connectivity index (χ1n) is 5.58. The molecule has 4 nitrogen and oxygen atoms in total. The van der Waals surface area contributed by atoms with Crippen LogP contribution in [0.25, 0.3) is 0 Å². The zero-order chi connectivity index (χ0) is 12.0. The summed E-state index contributed by atoms with van der Waals surface area (Å²) in [6.45, 7) is 1.67. The van der Waals surface area contributed by atoms with Crippen LogP contribution >= 0.6 is 0 Å². The molecular weight excluding hydrogens is 220 g/mol. The Hall–Kier alpha value is -1.36. The topological polar surface area (TPSA) is 47.9 Å². The Balaban J connectivity index is 2.26. The second kappa shape index (κ2) is 3.57. The number of ether oxygens (including phenoxy) is 1. The molecule has 1 N–H and O–H groups in total. The molecule has 1 aliphatic carbocycles. The molecule has 0 saturated carbocycles. The molecule has 2 aliphatic heterocycles. The number of methoxy groups -OCH3 is 1. The minimum absolute atomic E-state index is 0.262. The fraction of sp³-hybridized carbons (Fsp3) is 0.385. The predicted molar refractivity (Wildman–Crippen MR) is 59.8 cm³/mol. The van der Waals surface area contributed by atoms with Crippen molar-refractivity contribution in [3.05, 3.63) is 47.2 Å². The van der Waals surface area contributed by atoms with E-state index < -0.39 is 11.7 Å². The van der Waals surface area contributed by atoms with Gasteiger partial charge in [0.25, 0.3) is 0 Å². The van der Waals surface area contributed by atoms with E-state index in [0.29, 0.717) is 5.76 Å². The van der Waals surface area contributed by atoms with Crippen molar-refractivity contribution in [2.45, 2.75) is 24.7 Å². The van der Waals surface area contributed by atoms with Gasteiger partial charge in [-0.1, -0.05) is 24.3 Å². The third kappa shape index (κ3) is 1.23. The van der Waals surface area contributed by atoms with Crippen molar-refractivity contribution in [2.24, 2.45) is 0 Å². The van der Waals surface area contributed by atoms with E-state index in [4.69, 9.17) is 14.5 Å². The summed E-state index contributed by atoms with van der Waals surface area (Å²) in [5.74, 6) is 0.599. The first-order valence-corrected chi connectivity index (χ1v) is 5.58. The molecule has 4 heteroatoms. The minimum Gasteiger partial charge on any atom is -0.498 e. The molecule has 0 radical (unpaired) electrons. The first kappa shape index (κ1) is 10.8. The maximum Gasteiger partial charge on any atom is 0.210 e. The molecule has 3 aliphatic rings. The van der Waals surface area contributed by atoms with Gasteiger partial charge in [-0.2, -0.15) is 0 Å². The molecule has 0 unspecified atom stereocenters. The molecule has 0 saturated heterocycles. The maximum atomic E-state index is 10.1. The van der Waals surface area contributed by atoms with Gasteiger partial charge in [-0.25, -0.2) is 9.78 Å². The average molecular weight is 234 g/mol. The normalized spacial score (nSPS) is 31.7. The largest absolute Gasteiger partial charge is 0.498 e. The highest BCUT2D eigenvalue weighted by atomic mass is 17.2. The van der Waals surface area contributed by atoms with Gasteiger partial charge in [0, 0.05) is 5.56 Å². The lowest BCUT2D eigenvalue weighted by molar-refractivity contribution is -0.415. The van der Waals surface area contributed by atoms with Gasteiger partial charge in [0.1, 0.15) is 11.9 Å². The summed E-state index contributed by atoms with van der Waals surface area (Å²) in [5, 5.41) is 10.1. The molecule has 2 heterocycles. The molecule has 0 aromatic heterocycles. The van der Waals surface area contributed by atoms with Gasteiger partial charge in [-0.15, -0.1) is 0 Å². The Kier molecular flexibility index (Phi) is 2.26. The highest BCUT2D eigenvalue weighted by Gasteiger charge is 2.54. The monoisotopic (exact) mass is 234 g/mol. The Bertz CT molecular complexity index is 480. The van der Waals surface area contributed by atoms with Gasteiger partial charge in [-0.3, -0.25) is 0 Å². The third-order valence-electron chi connectivity index (χ3n) is 3.43. The molecule has 4 rings (SSSR count). The fourth-order valence-corrected chi connectivity index (χ4v) is 2.58. The van der Waals surface area contributed by atoms with Gasteiger partial charge in [-0.05, 0) is 18.6 Å². The Morgan fingerprint density at radius 1 is 1.41 bits per heavy atom. The van der Waals surface area contributed by atoms with Crippen LogP contribution in [0.15, 0.2) is 36.1 Å². The lowest BCUT2D eigenvalue weighted by Crippen LogP contribution is -2.49. The highest BCUT2D eigenvalue weighted by Crippen LogP contribution is 2.51. The summed E-state index contributed by atoms with van der Waals surface area (Å²) in [5.41, 5.74) is 0.881. The second-order valence-corrected chi connectivity index (χ2v) is 4.33. The number of hydrogen-bond donors (Lipinski definition) is 1. The van der Waals surface area contributed by atoms with E-state index in [0.717, 1.165) is 11.1 Å². The summed E-state index contributed by atoms with van der Waals surface area (Å²) >= 11 is 0. The van der Waals surface area contributed by atoms with Crippen LogP contribution in [0.4, 0.5) is 0 Å². The van der Waals surface area contributed by atoms with E-state index in [9.17, 15) is 5.11 Å². The number of aliphatic hydroxyl groups excluding tert-OH is 1. The predicted octanol–water partition coefficient (Wildman–Crippen LogP) is 1.81. The van der Waals surface area contributed by atoms with Crippen LogP contribution in [0.3, 0.4) is 0 Å². The SMILES string of the molecule is COC1=C[C@H]2OO[C@]1([C@H](C)O)c1ccccc12. The summed E-state index contributed by atoms with van der Waals surface area (Å²) in [6.07, 6.45) is 0.816. The van der Waals surface area contributed by atoms with E-state index in [1.165, 1.54) is 0 Å². The van der Waals surface area contributed by atoms with Gasteiger partial charge in [0.15, 0.2) is 0 Å². The summed E-state index contributed by atoms with van der Waals surface area (Å²) in [6, 6.07) is 7.77. The summed E-state index contributed by atoms with van der Waals surface area (Å²) in [4.78, 5) is 10.7. The highest BCUT2D eigenvalue weighted by molar-refractivity contribution is 5.47. The molecular formula is C13H14O4. The minimum atomic E-state index is -1.04. The van der Waals surface area contributed by atoms with Crippen LogP contribution in [0.5, 0.6) is 0 Å². The zero-order valence-electron chi connectivity index (χ0n) is 9.71. The van der Waals surface area contributed by atoms with E-state index in [1.54, 1.807) is 14.0 Å². The fourth-order valence-electron chi connectivity index (χ4n) is 2.58. The van der Waals surface area contributed by atoms with Crippen LogP contribution in [0.2, 0.25) is 0 Å². The second-order valence-electron chi connectivity index (χ2n) is 4.33. The van der Waals surface area contributed by atoms with Crippen molar-refractivity contribution in [2.75, 3.05) is 7.11 Å². The maximum absolute atomic E-state index is 10.1. The van der Waals surface area contributed by atoms with Crippen molar-refractivity contribution < 1.29 is 19.6 Å². The van der Waals surface area contributed by atoms with Crippen molar-refractivity contribution in [1.29, 1.82) is 0 Å². The number of benzene rings is 1.